The third-order valence-corrected chi connectivity index (χ3v) is 28.8. The number of carbonyl (C=O) groups excluding carboxylic acids is 1. The molecular weight excluding hydrogens is 1480 g/mol. The summed E-state index contributed by atoms with van der Waals surface area (Å²) >= 11 is 18.3. The van der Waals surface area contributed by atoms with Crippen LogP contribution >= 0.6 is 56.2 Å². The van der Waals surface area contributed by atoms with Crippen LogP contribution in [-0.2, 0) is 52.5 Å². The predicted octanol–water partition coefficient (Wildman–Crippen LogP) is 18.3. The molecule has 1 unspecified atom stereocenters. The van der Waals surface area contributed by atoms with Crippen molar-refractivity contribution >= 4 is 96.7 Å². The van der Waals surface area contributed by atoms with E-state index in [4.69, 9.17) is 54.7 Å². The normalized spacial score (nSPS) is 18.0. The molecule has 6 aliphatic rings. The molecule has 28 heteroatoms. The number of halogens is 9. The van der Waals surface area contributed by atoms with Crippen LogP contribution in [0.25, 0.3) is 22.5 Å². The topological polar surface area (TPSA) is 174 Å². The van der Waals surface area contributed by atoms with Gasteiger partial charge in [0.15, 0.2) is 17.5 Å². The van der Waals surface area contributed by atoms with E-state index in [2.05, 4.69) is 37.2 Å². The van der Waals surface area contributed by atoms with Gasteiger partial charge in [-0.25, -0.2) is 41.3 Å². The number of fused-ring (bicyclic) bond motifs is 3. The van der Waals surface area contributed by atoms with E-state index < -0.39 is 56.3 Å². The van der Waals surface area contributed by atoms with Gasteiger partial charge in [0.1, 0.15) is 34.9 Å². The highest BCUT2D eigenvalue weighted by Gasteiger charge is 2.32. The third kappa shape index (κ3) is 18.1. The monoisotopic (exact) mass is 1560 g/mol. The fraction of sp³-hybridized carbons (Fsp3) is 0.372. The Morgan fingerprint density at radius 1 is 0.481 bits per heavy atom. The van der Waals surface area contributed by atoms with Gasteiger partial charge in [0.25, 0.3) is 5.91 Å². The molecular formula is C78H82Cl3F6N12O4P3. The van der Waals surface area contributed by atoms with E-state index in [1.165, 1.54) is 0 Å². The molecule has 1 aliphatic carbocycles. The SMILES string of the molecule is CP1(=O)CCN(C(=O)c2cccc(-c3cnc4c(n3)N(Cc3c(F)ccc(F)c3Cl)CCC4)c2)CC1.CP1(=O)CCN(c2ccc(Nc3cnc4c(n3)N(Cc3c(F)ccc(F)c3Cl)CCCC4)cc2)CC1.CP1(=O)CCN(c2cccc(-c3cnc4c(n3)C(Cc3c(F)ccc(F)c3Cl)CCC4)c2)CC1. The van der Waals surface area contributed by atoms with Gasteiger partial charge in [0.2, 0.25) is 0 Å². The first-order valence-corrected chi connectivity index (χ1v) is 44.5. The number of nitrogens with one attached hydrogen (secondary N) is 1. The Balaban J connectivity index is 0.000000141. The molecule has 1 atom stereocenters. The van der Waals surface area contributed by atoms with E-state index in [0.29, 0.717) is 73.6 Å². The van der Waals surface area contributed by atoms with E-state index in [9.17, 15) is 44.8 Å². The lowest BCUT2D eigenvalue weighted by atomic mass is 9.84. The summed E-state index contributed by atoms with van der Waals surface area (Å²) in [6, 6.07) is 29.9. The number of aromatic nitrogens is 6. The molecule has 0 saturated carbocycles. The number of carbonyl (C=O) groups is 1. The maximum absolute atomic E-state index is 14.5. The van der Waals surface area contributed by atoms with E-state index in [-0.39, 0.29) is 56.7 Å². The number of hydrogen-bond acceptors (Lipinski definition) is 15. The highest BCUT2D eigenvalue weighted by atomic mass is 35.5. The molecule has 1 N–H and O–H groups in total. The first kappa shape index (κ1) is 76.4. The molecule has 106 heavy (non-hydrogen) atoms. The Labute approximate surface area is 628 Å². The molecule has 3 fully saturated rings. The minimum atomic E-state index is -2.13. The first-order valence-electron chi connectivity index (χ1n) is 35.8. The van der Waals surface area contributed by atoms with Gasteiger partial charge >= 0.3 is 0 Å². The Morgan fingerprint density at radius 3 is 1.56 bits per heavy atom. The van der Waals surface area contributed by atoms with E-state index in [1.54, 1.807) is 48.4 Å². The number of rotatable bonds is 13. The molecule has 0 spiro atoms. The molecule has 9 aromatic rings. The maximum Gasteiger partial charge on any atom is 0.253 e. The lowest BCUT2D eigenvalue weighted by Crippen LogP contribution is -2.39. The molecule has 5 aliphatic heterocycles. The number of aryl methyl sites for hydroxylation is 3. The highest BCUT2D eigenvalue weighted by molar-refractivity contribution is 7.63. The molecule has 556 valence electrons. The van der Waals surface area contributed by atoms with Gasteiger partial charge < -0.3 is 43.5 Å². The van der Waals surface area contributed by atoms with Gasteiger partial charge in [-0.2, -0.15) is 0 Å². The maximum atomic E-state index is 14.5. The Bertz CT molecular complexity index is 4900. The van der Waals surface area contributed by atoms with E-state index in [0.717, 1.165) is 195 Å². The first-order chi connectivity index (χ1) is 50.8. The lowest BCUT2D eigenvalue weighted by Gasteiger charge is -2.32. The van der Waals surface area contributed by atoms with Crippen LogP contribution in [0.4, 0.5) is 60.9 Å². The molecule has 3 saturated heterocycles. The quantitative estimate of drug-likeness (QED) is 0.0655. The average molecular weight is 1560 g/mol. The van der Waals surface area contributed by atoms with Crippen LogP contribution in [0.5, 0.6) is 0 Å². The van der Waals surface area contributed by atoms with Gasteiger partial charge in [0.05, 0.1) is 89.2 Å². The fourth-order valence-electron chi connectivity index (χ4n) is 14.3. The van der Waals surface area contributed by atoms with Crippen LogP contribution in [0, 0.1) is 34.9 Å². The summed E-state index contributed by atoms with van der Waals surface area (Å²) in [5.41, 5.74) is 10.4. The van der Waals surface area contributed by atoms with Crippen molar-refractivity contribution < 1.29 is 44.8 Å². The Morgan fingerprint density at radius 2 is 0.953 bits per heavy atom. The average Bonchev–Trinajstić information content (AvgIpc) is 1.26. The second-order valence-electron chi connectivity index (χ2n) is 28.6. The van der Waals surface area contributed by atoms with E-state index >= 15 is 0 Å². The Kier molecular flexibility index (Phi) is 23.7. The second-order valence-corrected chi connectivity index (χ2v) is 40.2. The van der Waals surface area contributed by atoms with Gasteiger partial charge in [-0.05, 0) is 163 Å². The minimum absolute atomic E-state index is 0.0718. The molecule has 8 heterocycles. The highest BCUT2D eigenvalue weighted by Crippen LogP contribution is 2.47. The Hall–Kier alpha value is -7.83. The zero-order valence-corrected chi connectivity index (χ0v) is 64.1. The largest absolute Gasteiger partial charge is 0.371 e. The van der Waals surface area contributed by atoms with Crippen LogP contribution in [0.3, 0.4) is 0 Å². The summed E-state index contributed by atoms with van der Waals surface area (Å²) in [6.07, 6.45) is 16.2. The summed E-state index contributed by atoms with van der Waals surface area (Å²) < 4.78 is 122. The zero-order valence-electron chi connectivity index (χ0n) is 59.2. The minimum Gasteiger partial charge on any atom is -0.371 e. The smallest absolute Gasteiger partial charge is 0.253 e. The van der Waals surface area contributed by atoms with Crippen LogP contribution in [0.2, 0.25) is 15.1 Å². The molecule has 6 aromatic carbocycles. The molecule has 15 rings (SSSR count). The van der Waals surface area contributed by atoms with Crippen molar-refractivity contribution in [1.29, 1.82) is 0 Å². The van der Waals surface area contributed by atoms with Crippen molar-refractivity contribution in [2.24, 2.45) is 0 Å². The number of anilines is 6. The summed E-state index contributed by atoms with van der Waals surface area (Å²) in [5.74, 6) is -1.85. The molecule has 3 aromatic heterocycles. The standard InChI is InChI=1S/C26H29ClF2N5OP.C26H26ClF2N4O2P.C26H27ClF2N3OP/c1-36(35)14-12-33(13-15-36)19-7-5-18(6-8-19)31-24-16-30-23-4-2-3-11-34(26(23)32-24)17-20-21(28)9-10-22(29)25(20)27;1-36(35)12-10-32(11-13-36)26(34)18-5-2-4-17(14-18)23-15-30-22-6-3-9-33(25(22)31-23)16-19-20(28)7-8-21(29)24(19)27;1-34(33)12-10-32(11-13-34)19-6-2-4-17(14-19)24-16-30-23-7-3-5-18(26(23)31-24)15-20-21(28)8-9-22(29)25(20)27/h5-10,16H,2-4,11-15,17H2,1H3,(H,31,32);2,4-5,7-8,14-15H,3,6,9-13,16H2,1H3;2,4,6,8-9,14,16,18H,3,5,7,10-13,15H2,1H3. The predicted molar refractivity (Wildman–Crippen MR) is 414 cm³/mol. The summed E-state index contributed by atoms with van der Waals surface area (Å²) in [7, 11) is -6.10. The van der Waals surface area contributed by atoms with E-state index in [1.807, 2.05) is 65.6 Å². The van der Waals surface area contributed by atoms with Crippen molar-refractivity contribution in [3.63, 3.8) is 0 Å². The summed E-state index contributed by atoms with van der Waals surface area (Å²) in [4.78, 5) is 51.7. The fourth-order valence-corrected chi connectivity index (χ4v) is 19.6. The number of nitrogens with zero attached hydrogens (tertiary/aromatic N) is 11. The molecule has 0 bridgehead atoms. The van der Waals surface area contributed by atoms with Crippen LogP contribution in [0.15, 0.2) is 128 Å². The molecule has 1 amide bonds. The summed E-state index contributed by atoms with van der Waals surface area (Å²) in [6.45, 7) is 11.2. The number of hydrogen-bond donors (Lipinski definition) is 1. The lowest BCUT2D eigenvalue weighted by molar-refractivity contribution is 0.0769. The second kappa shape index (κ2) is 32.9. The number of benzene rings is 6. The molecule has 16 nitrogen and oxygen atoms in total. The molecule has 0 radical (unpaired) electrons. The van der Waals surface area contributed by atoms with Gasteiger partial charge in [0, 0.05) is 159 Å². The van der Waals surface area contributed by atoms with Crippen molar-refractivity contribution in [3.05, 3.63) is 223 Å². The van der Waals surface area contributed by atoms with Crippen molar-refractivity contribution in [1.82, 2.24) is 34.8 Å². The van der Waals surface area contributed by atoms with Crippen LogP contribution < -0.4 is 24.9 Å². The third-order valence-electron chi connectivity index (χ3n) is 20.7. The van der Waals surface area contributed by atoms with Crippen molar-refractivity contribution in [2.45, 2.75) is 76.8 Å². The van der Waals surface area contributed by atoms with Crippen molar-refractivity contribution in [2.75, 3.05) is 134 Å². The van der Waals surface area contributed by atoms with Crippen LogP contribution in [-0.4, -0.2) is 150 Å². The van der Waals surface area contributed by atoms with Gasteiger partial charge in [-0.1, -0.05) is 59.1 Å². The number of amides is 1. The summed E-state index contributed by atoms with van der Waals surface area (Å²) in [5, 5.41) is 2.74. The van der Waals surface area contributed by atoms with Gasteiger partial charge in [-0.3, -0.25) is 19.7 Å². The van der Waals surface area contributed by atoms with Crippen molar-refractivity contribution in [3.8, 4) is 22.5 Å². The van der Waals surface area contributed by atoms with Gasteiger partial charge in [-0.15, -0.1) is 0 Å². The zero-order chi connectivity index (χ0) is 74.6. The van der Waals surface area contributed by atoms with Crippen LogP contribution in [0.1, 0.15) is 87.8 Å².